The fourth-order valence-corrected chi connectivity index (χ4v) is 4.01. The van der Waals surface area contributed by atoms with Gasteiger partial charge in [-0.25, -0.2) is 0 Å². The van der Waals surface area contributed by atoms with Crippen molar-refractivity contribution >= 4 is 29.3 Å². The Morgan fingerprint density at radius 1 is 1.30 bits per heavy atom. The number of pyridine rings is 1. The summed E-state index contributed by atoms with van der Waals surface area (Å²) in [7, 11) is 0. The maximum absolute atomic E-state index is 12.9. The lowest BCUT2D eigenvalue weighted by atomic mass is 10.0. The molecule has 3 heterocycles. The molecule has 0 aliphatic carbocycles. The molecule has 0 fully saturated rings. The SMILES string of the molecule is CC(C)C(NC(=O)c1ccc2c(c1)NC(=O)CCS2)c1nc(-c2cccnc2)no1. The Morgan fingerprint density at radius 2 is 2.17 bits per heavy atom. The molecule has 154 valence electrons. The average Bonchev–Trinajstić information content (AvgIpc) is 3.15. The summed E-state index contributed by atoms with van der Waals surface area (Å²) >= 11 is 1.60. The van der Waals surface area contributed by atoms with Crippen molar-refractivity contribution in [2.24, 2.45) is 5.92 Å². The average molecular weight is 423 g/mol. The number of anilines is 1. The Labute approximate surface area is 177 Å². The lowest BCUT2D eigenvalue weighted by Crippen LogP contribution is -2.32. The first-order chi connectivity index (χ1) is 14.5. The predicted molar refractivity (Wildman–Crippen MR) is 113 cm³/mol. The molecular formula is C21H21N5O3S. The van der Waals surface area contributed by atoms with Crippen molar-refractivity contribution < 1.29 is 14.1 Å². The van der Waals surface area contributed by atoms with E-state index < -0.39 is 6.04 Å². The maximum atomic E-state index is 12.9. The van der Waals surface area contributed by atoms with E-state index in [0.29, 0.717) is 29.4 Å². The number of carbonyl (C=O) groups is 2. The van der Waals surface area contributed by atoms with Crippen molar-refractivity contribution in [3.8, 4) is 11.4 Å². The number of hydrogen-bond acceptors (Lipinski definition) is 7. The van der Waals surface area contributed by atoms with Crippen LogP contribution in [0.2, 0.25) is 0 Å². The van der Waals surface area contributed by atoms with Crippen LogP contribution in [-0.4, -0.2) is 32.7 Å². The van der Waals surface area contributed by atoms with E-state index in [1.807, 2.05) is 26.0 Å². The monoisotopic (exact) mass is 423 g/mol. The highest BCUT2D eigenvalue weighted by Gasteiger charge is 2.26. The number of nitrogens with zero attached hydrogens (tertiary/aromatic N) is 3. The van der Waals surface area contributed by atoms with Crippen LogP contribution in [0, 0.1) is 5.92 Å². The van der Waals surface area contributed by atoms with Crippen LogP contribution in [0.5, 0.6) is 0 Å². The van der Waals surface area contributed by atoms with Gasteiger partial charge in [0.2, 0.25) is 17.6 Å². The standard InChI is InChI=1S/C21H21N5O3S/c1-12(2)18(21-25-19(26-29-21)14-4-3-8-22-11-14)24-20(28)13-5-6-16-15(10-13)23-17(27)7-9-30-16/h3-6,8,10-12,18H,7,9H2,1-2H3,(H,23,27)(H,24,28). The lowest BCUT2D eigenvalue weighted by Gasteiger charge is -2.19. The number of aromatic nitrogens is 3. The Balaban J connectivity index is 1.55. The third kappa shape index (κ3) is 4.35. The molecule has 2 N–H and O–H groups in total. The highest BCUT2D eigenvalue weighted by molar-refractivity contribution is 7.99. The molecule has 2 aromatic heterocycles. The molecule has 1 unspecified atom stereocenters. The topological polar surface area (TPSA) is 110 Å². The van der Waals surface area contributed by atoms with Gasteiger partial charge in [0.25, 0.3) is 5.91 Å². The largest absolute Gasteiger partial charge is 0.340 e. The number of thioether (sulfide) groups is 1. The van der Waals surface area contributed by atoms with Crippen LogP contribution in [0.1, 0.15) is 42.6 Å². The molecule has 1 aliphatic heterocycles. The van der Waals surface area contributed by atoms with E-state index in [4.69, 9.17) is 4.52 Å². The third-order valence-corrected chi connectivity index (χ3v) is 5.76. The van der Waals surface area contributed by atoms with Gasteiger partial charge in [0.05, 0.1) is 5.69 Å². The maximum Gasteiger partial charge on any atom is 0.252 e. The van der Waals surface area contributed by atoms with Crippen molar-refractivity contribution in [2.45, 2.75) is 31.2 Å². The van der Waals surface area contributed by atoms with E-state index in [1.165, 1.54) is 0 Å². The fourth-order valence-electron chi connectivity index (χ4n) is 3.07. The number of hydrogen-bond donors (Lipinski definition) is 2. The van der Waals surface area contributed by atoms with Gasteiger partial charge in [-0.2, -0.15) is 4.98 Å². The second kappa shape index (κ2) is 8.66. The van der Waals surface area contributed by atoms with Gasteiger partial charge in [0.1, 0.15) is 6.04 Å². The molecule has 30 heavy (non-hydrogen) atoms. The molecular weight excluding hydrogens is 402 g/mol. The number of rotatable bonds is 5. The van der Waals surface area contributed by atoms with Gasteiger partial charge in [-0.05, 0) is 36.2 Å². The zero-order valence-electron chi connectivity index (χ0n) is 16.6. The molecule has 0 saturated heterocycles. The minimum atomic E-state index is -0.460. The van der Waals surface area contributed by atoms with Crippen molar-refractivity contribution in [1.82, 2.24) is 20.4 Å². The molecule has 9 heteroatoms. The number of nitrogens with one attached hydrogen (secondary N) is 2. The summed E-state index contributed by atoms with van der Waals surface area (Å²) in [6, 6.07) is 8.49. The molecule has 2 amide bonds. The normalized spacial score (nSPS) is 14.6. The van der Waals surface area contributed by atoms with Crippen molar-refractivity contribution in [2.75, 3.05) is 11.1 Å². The highest BCUT2D eigenvalue weighted by Crippen LogP contribution is 2.32. The van der Waals surface area contributed by atoms with Gasteiger partial charge < -0.3 is 15.2 Å². The van der Waals surface area contributed by atoms with E-state index in [1.54, 1.807) is 42.4 Å². The van der Waals surface area contributed by atoms with Crippen LogP contribution in [0.15, 0.2) is 52.1 Å². The molecule has 1 aromatic carbocycles. The fraction of sp³-hybridized carbons (Fsp3) is 0.286. The first-order valence-corrected chi connectivity index (χ1v) is 10.6. The molecule has 0 saturated carbocycles. The minimum Gasteiger partial charge on any atom is -0.340 e. The smallest absolute Gasteiger partial charge is 0.252 e. The number of benzene rings is 1. The van der Waals surface area contributed by atoms with Crippen LogP contribution in [0.4, 0.5) is 5.69 Å². The summed E-state index contributed by atoms with van der Waals surface area (Å²) in [5.74, 6) is 1.16. The van der Waals surface area contributed by atoms with Gasteiger partial charge >= 0.3 is 0 Å². The van der Waals surface area contributed by atoms with Crippen LogP contribution >= 0.6 is 11.8 Å². The van der Waals surface area contributed by atoms with Gasteiger partial charge in [-0.3, -0.25) is 14.6 Å². The second-order valence-corrected chi connectivity index (χ2v) is 8.39. The zero-order chi connectivity index (χ0) is 21.1. The van der Waals surface area contributed by atoms with Crippen LogP contribution in [0.25, 0.3) is 11.4 Å². The van der Waals surface area contributed by atoms with E-state index in [-0.39, 0.29) is 17.7 Å². The minimum absolute atomic E-state index is 0.0206. The number of carbonyl (C=O) groups excluding carboxylic acids is 2. The predicted octanol–water partition coefficient (Wildman–Crippen LogP) is 3.69. The Kier molecular flexibility index (Phi) is 5.80. The molecule has 1 aliphatic rings. The summed E-state index contributed by atoms with van der Waals surface area (Å²) in [6.45, 7) is 3.93. The van der Waals surface area contributed by atoms with Gasteiger partial charge in [0.15, 0.2) is 0 Å². The first-order valence-electron chi connectivity index (χ1n) is 9.63. The van der Waals surface area contributed by atoms with E-state index in [2.05, 4.69) is 25.8 Å². The van der Waals surface area contributed by atoms with Crippen molar-refractivity contribution in [1.29, 1.82) is 0 Å². The number of fused-ring (bicyclic) bond motifs is 1. The molecule has 4 rings (SSSR count). The van der Waals surface area contributed by atoms with Gasteiger partial charge in [0, 0.05) is 40.6 Å². The van der Waals surface area contributed by atoms with E-state index >= 15 is 0 Å². The summed E-state index contributed by atoms with van der Waals surface area (Å²) in [6.07, 6.45) is 3.77. The molecule has 1 atom stereocenters. The van der Waals surface area contributed by atoms with Gasteiger partial charge in [-0.15, -0.1) is 11.8 Å². The summed E-state index contributed by atoms with van der Waals surface area (Å²) in [5, 5.41) is 9.86. The molecule has 8 nitrogen and oxygen atoms in total. The first kappa shape index (κ1) is 20.1. The quantitative estimate of drug-likeness (QED) is 0.644. The molecule has 0 bridgehead atoms. The Morgan fingerprint density at radius 3 is 2.93 bits per heavy atom. The molecule has 0 spiro atoms. The summed E-state index contributed by atoms with van der Waals surface area (Å²) < 4.78 is 5.44. The Hall–Kier alpha value is -3.20. The molecule has 0 radical (unpaired) electrons. The van der Waals surface area contributed by atoms with Gasteiger partial charge in [-0.1, -0.05) is 19.0 Å². The molecule has 3 aromatic rings. The van der Waals surface area contributed by atoms with Crippen molar-refractivity contribution in [3.63, 3.8) is 0 Å². The van der Waals surface area contributed by atoms with Crippen LogP contribution in [0.3, 0.4) is 0 Å². The second-order valence-electron chi connectivity index (χ2n) is 7.25. The van der Waals surface area contributed by atoms with E-state index in [0.717, 1.165) is 16.2 Å². The summed E-state index contributed by atoms with van der Waals surface area (Å²) in [5.41, 5.74) is 1.85. The highest BCUT2D eigenvalue weighted by atomic mass is 32.2. The van der Waals surface area contributed by atoms with Crippen LogP contribution < -0.4 is 10.6 Å². The van der Waals surface area contributed by atoms with Crippen LogP contribution in [-0.2, 0) is 4.79 Å². The lowest BCUT2D eigenvalue weighted by molar-refractivity contribution is -0.115. The summed E-state index contributed by atoms with van der Waals surface area (Å²) in [4.78, 5) is 34.2. The Bertz CT molecular complexity index is 1070. The zero-order valence-corrected chi connectivity index (χ0v) is 17.4. The third-order valence-electron chi connectivity index (χ3n) is 4.68. The van der Waals surface area contributed by atoms with E-state index in [9.17, 15) is 9.59 Å². The van der Waals surface area contributed by atoms with Crippen molar-refractivity contribution in [3.05, 3.63) is 54.2 Å². The number of amides is 2.